The molecule has 2 heterocycles. The summed E-state index contributed by atoms with van der Waals surface area (Å²) in [6.07, 6.45) is 1.15. The van der Waals surface area contributed by atoms with Gasteiger partial charge in [0.25, 0.3) is 5.91 Å². The van der Waals surface area contributed by atoms with E-state index < -0.39 is 0 Å². The maximum atomic E-state index is 11.8. The number of hydrogen-bond donors (Lipinski definition) is 2. The van der Waals surface area contributed by atoms with E-state index in [0.29, 0.717) is 12.8 Å². The van der Waals surface area contributed by atoms with E-state index in [1.54, 1.807) is 11.3 Å². The molecule has 16 heavy (non-hydrogen) atoms. The van der Waals surface area contributed by atoms with Gasteiger partial charge in [-0.1, -0.05) is 0 Å². The number of fused-ring (bicyclic) bond motifs is 1. The van der Waals surface area contributed by atoms with E-state index in [0.717, 1.165) is 4.88 Å². The molecule has 3 rings (SSSR count). The maximum Gasteiger partial charge on any atom is 0.261 e. The fraction of sp³-hybridized carbons (Fsp3) is 0.364. The SMILES string of the molecule is O=C(NC1CC(O)C1)c1cc2sccc2s1. The van der Waals surface area contributed by atoms with Crippen LogP contribution in [0.2, 0.25) is 0 Å². The lowest BCUT2D eigenvalue weighted by molar-refractivity contribution is 0.0564. The van der Waals surface area contributed by atoms with Crippen LogP contribution in [0.25, 0.3) is 9.40 Å². The van der Waals surface area contributed by atoms with Crippen LogP contribution in [-0.2, 0) is 0 Å². The topological polar surface area (TPSA) is 49.3 Å². The lowest BCUT2D eigenvalue weighted by Gasteiger charge is -2.31. The Morgan fingerprint density at radius 2 is 2.25 bits per heavy atom. The Morgan fingerprint density at radius 1 is 1.44 bits per heavy atom. The van der Waals surface area contributed by atoms with Gasteiger partial charge in [-0.25, -0.2) is 0 Å². The first-order valence-corrected chi connectivity index (χ1v) is 6.88. The quantitative estimate of drug-likeness (QED) is 0.862. The Morgan fingerprint density at radius 3 is 2.94 bits per heavy atom. The molecule has 1 amide bonds. The molecule has 1 saturated carbocycles. The molecule has 1 aliphatic rings. The van der Waals surface area contributed by atoms with Gasteiger partial charge in [-0.2, -0.15) is 0 Å². The number of carbonyl (C=O) groups excluding carboxylic acids is 1. The van der Waals surface area contributed by atoms with Crippen LogP contribution in [0.1, 0.15) is 22.5 Å². The second kappa shape index (κ2) is 3.84. The first-order chi connectivity index (χ1) is 7.72. The molecule has 5 heteroatoms. The molecule has 84 valence electrons. The van der Waals surface area contributed by atoms with Crippen LogP contribution in [0.15, 0.2) is 17.5 Å². The van der Waals surface area contributed by atoms with E-state index >= 15 is 0 Å². The molecule has 0 atom stereocenters. The zero-order chi connectivity index (χ0) is 11.1. The van der Waals surface area contributed by atoms with Crippen LogP contribution < -0.4 is 5.32 Å². The smallest absolute Gasteiger partial charge is 0.261 e. The van der Waals surface area contributed by atoms with Gasteiger partial charge in [0, 0.05) is 15.4 Å². The van der Waals surface area contributed by atoms with Crippen LogP contribution in [-0.4, -0.2) is 23.2 Å². The van der Waals surface area contributed by atoms with Crippen molar-refractivity contribution in [2.75, 3.05) is 0 Å². The molecule has 0 aromatic carbocycles. The molecule has 0 aliphatic heterocycles. The lowest BCUT2D eigenvalue weighted by atomic mass is 9.89. The number of thiophene rings is 2. The first kappa shape index (κ1) is 10.3. The first-order valence-electron chi connectivity index (χ1n) is 5.18. The summed E-state index contributed by atoms with van der Waals surface area (Å²) in [7, 11) is 0. The van der Waals surface area contributed by atoms with Gasteiger partial charge in [-0.3, -0.25) is 4.79 Å². The van der Waals surface area contributed by atoms with E-state index in [1.165, 1.54) is 20.7 Å². The Hall–Kier alpha value is -0.910. The third-order valence-corrected chi connectivity index (χ3v) is 4.90. The Kier molecular flexibility index (Phi) is 2.46. The highest BCUT2D eigenvalue weighted by Crippen LogP contribution is 2.30. The predicted octanol–water partition coefficient (Wildman–Crippen LogP) is 2.22. The van der Waals surface area contributed by atoms with Crippen LogP contribution in [0.5, 0.6) is 0 Å². The predicted molar refractivity (Wildman–Crippen MR) is 66.2 cm³/mol. The highest BCUT2D eigenvalue weighted by Gasteiger charge is 2.28. The summed E-state index contributed by atoms with van der Waals surface area (Å²) in [4.78, 5) is 12.6. The summed E-state index contributed by atoms with van der Waals surface area (Å²) < 4.78 is 2.34. The van der Waals surface area contributed by atoms with E-state index in [2.05, 4.69) is 5.32 Å². The normalized spacial score (nSPS) is 24.3. The molecule has 2 aromatic heterocycles. The zero-order valence-corrected chi connectivity index (χ0v) is 10.1. The maximum absolute atomic E-state index is 11.8. The lowest BCUT2D eigenvalue weighted by Crippen LogP contribution is -2.46. The van der Waals surface area contributed by atoms with Crippen molar-refractivity contribution in [3.05, 3.63) is 22.4 Å². The third-order valence-electron chi connectivity index (χ3n) is 2.81. The van der Waals surface area contributed by atoms with Gasteiger partial charge < -0.3 is 10.4 Å². The minimum absolute atomic E-state index is 0.00898. The zero-order valence-electron chi connectivity index (χ0n) is 8.47. The summed E-state index contributed by atoms with van der Waals surface area (Å²) in [5, 5.41) is 14.1. The minimum atomic E-state index is -0.225. The van der Waals surface area contributed by atoms with Crippen LogP contribution >= 0.6 is 22.7 Å². The second-order valence-corrected chi connectivity index (χ2v) is 6.09. The number of rotatable bonds is 2. The average molecular weight is 253 g/mol. The fourth-order valence-electron chi connectivity index (χ4n) is 1.84. The number of amides is 1. The van der Waals surface area contributed by atoms with Gasteiger partial charge in [0.15, 0.2) is 0 Å². The van der Waals surface area contributed by atoms with Gasteiger partial charge in [0.2, 0.25) is 0 Å². The third kappa shape index (κ3) is 1.75. The number of nitrogens with one attached hydrogen (secondary N) is 1. The minimum Gasteiger partial charge on any atom is -0.393 e. The molecule has 2 N–H and O–H groups in total. The van der Waals surface area contributed by atoms with Crippen molar-refractivity contribution in [3.8, 4) is 0 Å². The van der Waals surface area contributed by atoms with Gasteiger partial charge in [0.1, 0.15) is 0 Å². The number of carbonyl (C=O) groups is 1. The largest absolute Gasteiger partial charge is 0.393 e. The molecule has 0 spiro atoms. The Balaban J connectivity index is 1.72. The number of aliphatic hydroxyl groups excluding tert-OH is 1. The van der Waals surface area contributed by atoms with Crippen molar-refractivity contribution in [1.29, 1.82) is 0 Å². The second-order valence-electron chi connectivity index (χ2n) is 4.06. The molecule has 1 aliphatic carbocycles. The van der Waals surface area contributed by atoms with Gasteiger partial charge >= 0.3 is 0 Å². The van der Waals surface area contributed by atoms with Gasteiger partial charge in [0.05, 0.1) is 11.0 Å². The summed E-state index contributed by atoms with van der Waals surface area (Å²) in [6.45, 7) is 0. The van der Waals surface area contributed by atoms with Gasteiger partial charge in [-0.15, -0.1) is 22.7 Å². The molecule has 0 saturated heterocycles. The molecule has 3 nitrogen and oxygen atoms in total. The van der Waals surface area contributed by atoms with Crippen molar-refractivity contribution in [3.63, 3.8) is 0 Å². The summed E-state index contributed by atoms with van der Waals surface area (Å²) in [6, 6.07) is 4.13. The van der Waals surface area contributed by atoms with E-state index in [4.69, 9.17) is 5.11 Å². The van der Waals surface area contributed by atoms with E-state index in [-0.39, 0.29) is 18.1 Å². The summed E-state index contributed by atoms with van der Waals surface area (Å²) in [5.41, 5.74) is 0. The summed E-state index contributed by atoms with van der Waals surface area (Å²) >= 11 is 3.18. The summed E-state index contributed by atoms with van der Waals surface area (Å²) in [5.74, 6) is -0.00898. The molecular formula is C11H11NO2S2. The van der Waals surface area contributed by atoms with Crippen LogP contribution in [0.4, 0.5) is 0 Å². The van der Waals surface area contributed by atoms with Crippen molar-refractivity contribution in [2.45, 2.75) is 25.0 Å². The van der Waals surface area contributed by atoms with Crippen molar-refractivity contribution in [1.82, 2.24) is 5.32 Å². The number of aliphatic hydroxyl groups is 1. The fourth-order valence-corrected chi connectivity index (χ4v) is 3.85. The van der Waals surface area contributed by atoms with Crippen molar-refractivity contribution in [2.24, 2.45) is 0 Å². The molecule has 0 unspecified atom stereocenters. The monoisotopic (exact) mass is 253 g/mol. The molecule has 0 bridgehead atoms. The van der Waals surface area contributed by atoms with Crippen LogP contribution in [0.3, 0.4) is 0 Å². The Bertz CT molecular complexity index is 496. The molecule has 2 aromatic rings. The number of hydrogen-bond acceptors (Lipinski definition) is 4. The van der Waals surface area contributed by atoms with Crippen molar-refractivity contribution >= 4 is 38.0 Å². The Labute approximate surface area is 101 Å². The highest BCUT2D eigenvalue weighted by molar-refractivity contribution is 7.27. The standard InChI is InChI=1S/C11H11NO2S2/c13-7-3-6(4-7)12-11(14)10-5-9-8(16-10)1-2-15-9/h1-2,5-7,13H,3-4H2,(H,12,14). The average Bonchev–Trinajstić information content (AvgIpc) is 2.73. The van der Waals surface area contributed by atoms with E-state index in [1.807, 2.05) is 17.5 Å². The van der Waals surface area contributed by atoms with E-state index in [9.17, 15) is 4.79 Å². The van der Waals surface area contributed by atoms with Gasteiger partial charge in [-0.05, 0) is 30.4 Å². The van der Waals surface area contributed by atoms with Crippen molar-refractivity contribution < 1.29 is 9.90 Å². The molecule has 1 fully saturated rings. The van der Waals surface area contributed by atoms with Crippen LogP contribution in [0, 0.1) is 0 Å². The molecule has 0 radical (unpaired) electrons. The highest BCUT2D eigenvalue weighted by atomic mass is 32.1. The molecular weight excluding hydrogens is 242 g/mol.